The first-order chi connectivity index (χ1) is 5.83. The Labute approximate surface area is 74.6 Å². The van der Waals surface area contributed by atoms with Crippen LogP contribution in [0, 0.1) is 0 Å². The van der Waals surface area contributed by atoms with Crippen LogP contribution in [0.15, 0.2) is 11.8 Å². The van der Waals surface area contributed by atoms with Crippen molar-refractivity contribution in [3.63, 3.8) is 0 Å². The summed E-state index contributed by atoms with van der Waals surface area (Å²) in [5, 5.41) is 0. The van der Waals surface area contributed by atoms with Gasteiger partial charge in [0.05, 0.1) is 19.0 Å². The number of ether oxygens (including phenoxy) is 2. The van der Waals surface area contributed by atoms with E-state index < -0.39 is 0 Å². The van der Waals surface area contributed by atoms with E-state index in [-0.39, 0.29) is 0 Å². The first-order valence-electron chi connectivity index (χ1n) is 4.63. The summed E-state index contributed by atoms with van der Waals surface area (Å²) in [6.45, 7) is 2.95. The lowest BCUT2D eigenvalue weighted by molar-refractivity contribution is 0.0936. The van der Waals surface area contributed by atoms with E-state index >= 15 is 0 Å². The van der Waals surface area contributed by atoms with Gasteiger partial charge in [0.2, 0.25) is 0 Å². The number of methoxy groups -OCH3 is 1. The predicted molar refractivity (Wildman–Crippen MR) is 49.0 cm³/mol. The molecule has 0 N–H and O–H groups in total. The van der Waals surface area contributed by atoms with Crippen molar-refractivity contribution in [1.29, 1.82) is 0 Å². The van der Waals surface area contributed by atoms with Crippen LogP contribution in [-0.2, 0) is 9.47 Å². The van der Waals surface area contributed by atoms with Gasteiger partial charge in [-0.1, -0.05) is 0 Å². The van der Waals surface area contributed by atoms with E-state index in [1.807, 2.05) is 6.26 Å². The topological polar surface area (TPSA) is 18.5 Å². The van der Waals surface area contributed by atoms with E-state index in [0.29, 0.717) is 6.10 Å². The molecule has 0 amide bonds. The third kappa shape index (κ3) is 3.26. The van der Waals surface area contributed by atoms with Crippen molar-refractivity contribution in [1.82, 2.24) is 0 Å². The van der Waals surface area contributed by atoms with Crippen LogP contribution in [0.5, 0.6) is 0 Å². The summed E-state index contributed by atoms with van der Waals surface area (Å²) in [4.78, 5) is 0. The molecule has 2 heteroatoms. The molecule has 0 aromatic heterocycles. The van der Waals surface area contributed by atoms with Gasteiger partial charge in [-0.15, -0.1) is 0 Å². The van der Waals surface area contributed by atoms with Crippen LogP contribution >= 0.6 is 0 Å². The van der Waals surface area contributed by atoms with Gasteiger partial charge in [0, 0.05) is 7.11 Å². The van der Waals surface area contributed by atoms with Gasteiger partial charge in [0.15, 0.2) is 0 Å². The second-order valence-electron chi connectivity index (χ2n) is 3.39. The molecule has 0 saturated carbocycles. The first kappa shape index (κ1) is 9.59. The quantitative estimate of drug-likeness (QED) is 0.602. The molecule has 0 spiro atoms. The Morgan fingerprint density at radius 3 is 3.08 bits per heavy atom. The fourth-order valence-electron chi connectivity index (χ4n) is 1.47. The van der Waals surface area contributed by atoms with Gasteiger partial charge >= 0.3 is 0 Å². The number of rotatable bonds is 1. The highest BCUT2D eigenvalue weighted by molar-refractivity contribution is 4.95. The molecule has 0 saturated heterocycles. The average Bonchev–Trinajstić information content (AvgIpc) is 2.16. The van der Waals surface area contributed by atoms with Crippen LogP contribution in [0.2, 0.25) is 0 Å². The Balaban J connectivity index is 2.44. The molecule has 1 rings (SSSR count). The second-order valence-corrected chi connectivity index (χ2v) is 3.39. The zero-order valence-electron chi connectivity index (χ0n) is 8.01. The van der Waals surface area contributed by atoms with Crippen LogP contribution in [0.4, 0.5) is 0 Å². The summed E-state index contributed by atoms with van der Waals surface area (Å²) >= 11 is 0. The van der Waals surface area contributed by atoms with Crippen molar-refractivity contribution >= 4 is 0 Å². The van der Waals surface area contributed by atoms with E-state index in [1.54, 1.807) is 7.11 Å². The third-order valence-corrected chi connectivity index (χ3v) is 2.21. The van der Waals surface area contributed by atoms with E-state index in [9.17, 15) is 0 Å². The lowest BCUT2D eigenvalue weighted by Gasteiger charge is -2.13. The first-order valence-corrected chi connectivity index (χ1v) is 4.63. The summed E-state index contributed by atoms with van der Waals surface area (Å²) in [6.07, 6.45) is 6.78. The summed E-state index contributed by atoms with van der Waals surface area (Å²) in [5.41, 5.74) is 1.28. The Hall–Kier alpha value is -0.500. The van der Waals surface area contributed by atoms with E-state index in [2.05, 4.69) is 6.92 Å². The third-order valence-electron chi connectivity index (χ3n) is 2.21. The summed E-state index contributed by atoms with van der Waals surface area (Å²) in [5.74, 6) is 0. The van der Waals surface area contributed by atoms with Crippen molar-refractivity contribution in [3.8, 4) is 0 Å². The molecule has 1 aliphatic rings. The average molecular weight is 170 g/mol. The predicted octanol–water partition coefficient (Wildman–Crippen LogP) is 2.50. The smallest absolute Gasteiger partial charge is 0.0873 e. The molecule has 2 nitrogen and oxygen atoms in total. The van der Waals surface area contributed by atoms with Crippen molar-refractivity contribution in [2.45, 2.75) is 38.7 Å². The van der Waals surface area contributed by atoms with Gasteiger partial charge < -0.3 is 9.47 Å². The fourth-order valence-corrected chi connectivity index (χ4v) is 1.47. The standard InChI is InChI=1S/C10H18O2/c1-9-7-10(11-2)5-3-4-6-12-8-9/h8,10H,3-7H2,1-2H3/b9-8-. The molecule has 70 valence electrons. The molecule has 0 aromatic rings. The summed E-state index contributed by atoms with van der Waals surface area (Å²) in [7, 11) is 1.79. The van der Waals surface area contributed by atoms with Gasteiger partial charge in [-0.3, -0.25) is 0 Å². The maximum absolute atomic E-state index is 5.36. The summed E-state index contributed by atoms with van der Waals surface area (Å²) in [6, 6.07) is 0. The molecule has 1 unspecified atom stereocenters. The minimum absolute atomic E-state index is 0.392. The summed E-state index contributed by atoms with van der Waals surface area (Å²) < 4.78 is 10.7. The molecule has 0 bridgehead atoms. The maximum atomic E-state index is 5.36. The number of hydrogen-bond donors (Lipinski definition) is 0. The minimum Gasteiger partial charge on any atom is -0.501 e. The van der Waals surface area contributed by atoms with Gasteiger partial charge in [-0.05, 0) is 38.2 Å². The molecular weight excluding hydrogens is 152 g/mol. The fraction of sp³-hybridized carbons (Fsp3) is 0.800. The normalized spacial score (nSPS) is 30.5. The lowest BCUT2D eigenvalue weighted by Crippen LogP contribution is -2.10. The van der Waals surface area contributed by atoms with Crippen LogP contribution in [0.3, 0.4) is 0 Å². The maximum Gasteiger partial charge on any atom is 0.0873 e. The largest absolute Gasteiger partial charge is 0.501 e. The number of hydrogen-bond acceptors (Lipinski definition) is 2. The van der Waals surface area contributed by atoms with Gasteiger partial charge in [0.1, 0.15) is 0 Å². The molecule has 0 radical (unpaired) electrons. The molecule has 0 fully saturated rings. The van der Waals surface area contributed by atoms with Crippen molar-refractivity contribution < 1.29 is 9.47 Å². The molecule has 12 heavy (non-hydrogen) atoms. The van der Waals surface area contributed by atoms with Gasteiger partial charge in [0.25, 0.3) is 0 Å². The molecule has 0 aliphatic carbocycles. The van der Waals surface area contributed by atoms with Crippen LogP contribution in [-0.4, -0.2) is 19.8 Å². The van der Waals surface area contributed by atoms with Crippen molar-refractivity contribution in [3.05, 3.63) is 11.8 Å². The van der Waals surface area contributed by atoms with Gasteiger partial charge in [-0.2, -0.15) is 0 Å². The second kappa shape index (κ2) is 5.20. The van der Waals surface area contributed by atoms with Crippen LogP contribution in [0.25, 0.3) is 0 Å². The van der Waals surface area contributed by atoms with E-state index in [0.717, 1.165) is 25.9 Å². The van der Waals surface area contributed by atoms with Crippen molar-refractivity contribution in [2.75, 3.05) is 13.7 Å². The highest BCUT2D eigenvalue weighted by Crippen LogP contribution is 2.15. The minimum atomic E-state index is 0.392. The Kier molecular flexibility index (Phi) is 4.15. The Morgan fingerprint density at radius 1 is 1.50 bits per heavy atom. The lowest BCUT2D eigenvalue weighted by atomic mass is 10.1. The Bertz CT molecular complexity index is 152. The van der Waals surface area contributed by atoms with Crippen molar-refractivity contribution in [2.24, 2.45) is 0 Å². The van der Waals surface area contributed by atoms with Gasteiger partial charge in [-0.25, -0.2) is 0 Å². The zero-order valence-corrected chi connectivity index (χ0v) is 8.01. The zero-order chi connectivity index (χ0) is 8.81. The highest BCUT2D eigenvalue weighted by Gasteiger charge is 2.09. The van der Waals surface area contributed by atoms with E-state index in [1.165, 1.54) is 12.0 Å². The molecule has 0 aromatic carbocycles. The van der Waals surface area contributed by atoms with Crippen LogP contribution < -0.4 is 0 Å². The monoisotopic (exact) mass is 170 g/mol. The SMILES string of the molecule is COC1CCCCO/C=C(/C)C1. The van der Waals surface area contributed by atoms with E-state index in [4.69, 9.17) is 9.47 Å². The molecule has 1 aliphatic heterocycles. The van der Waals surface area contributed by atoms with Crippen LogP contribution in [0.1, 0.15) is 32.6 Å². The molecule has 1 heterocycles. The molecular formula is C10H18O2. The Morgan fingerprint density at radius 2 is 2.33 bits per heavy atom. The molecule has 1 atom stereocenters. The highest BCUT2D eigenvalue weighted by atomic mass is 16.5.